The lowest BCUT2D eigenvalue weighted by molar-refractivity contribution is -0.383. The maximum atomic E-state index is 13.5. The third kappa shape index (κ3) is 3.35. The average Bonchev–Trinajstić information content (AvgIpc) is 3.16. The number of hydrogen-bond donors (Lipinski definition) is 0. The number of nitrogens with zero attached hydrogens (tertiary/aromatic N) is 2. The number of aromatic nitrogens is 1. The first-order valence-corrected chi connectivity index (χ1v) is 11.3. The highest BCUT2D eigenvalue weighted by Crippen LogP contribution is 2.38. The topological polar surface area (TPSA) is 101 Å². The minimum atomic E-state index is -4.10. The summed E-state index contributed by atoms with van der Waals surface area (Å²) in [6.45, 7) is 9.40. The van der Waals surface area contributed by atoms with Crippen molar-refractivity contribution >= 4 is 39.2 Å². The number of non-ortho nitro benzene ring substituents is 1. The molecule has 0 bridgehead atoms. The molecule has 0 N–H and O–H groups in total. The molecule has 8 nitrogen and oxygen atoms in total. The molecule has 10 heteroatoms. The molecule has 0 radical (unpaired) electrons. The molecule has 1 aromatic heterocycles. The minimum absolute atomic E-state index is 0.0159. The molecule has 31 heavy (non-hydrogen) atoms. The summed E-state index contributed by atoms with van der Waals surface area (Å²) in [4.78, 5) is 11.2. The van der Waals surface area contributed by atoms with Crippen molar-refractivity contribution in [3.05, 3.63) is 64.3 Å². The lowest BCUT2D eigenvalue weighted by atomic mass is 9.79. The van der Waals surface area contributed by atoms with Crippen LogP contribution in [0.25, 0.3) is 10.9 Å². The average molecular weight is 442 g/mol. The second kappa shape index (κ2) is 6.91. The van der Waals surface area contributed by atoms with Crippen LogP contribution in [-0.2, 0) is 19.3 Å². The standard InChI is InChI=1S/C21H23BN2O6S/c1-14-9-11-15(12-10-14)31(27,28)23-13-17(22-29-20(2,3)21(4,5)30-22)16-7-6-8-18(19(16)23)24(25)26/h6-13H,1-5H3. The highest BCUT2D eigenvalue weighted by atomic mass is 32.2. The van der Waals surface area contributed by atoms with Gasteiger partial charge in [-0.05, 0) is 46.8 Å². The molecule has 1 saturated heterocycles. The van der Waals surface area contributed by atoms with Crippen LogP contribution >= 0.6 is 0 Å². The first-order valence-electron chi connectivity index (χ1n) is 9.81. The molecule has 2 aromatic carbocycles. The summed E-state index contributed by atoms with van der Waals surface area (Å²) in [5.74, 6) is 0. The molecule has 1 aliphatic rings. The maximum Gasteiger partial charge on any atom is 0.497 e. The second-order valence-corrected chi connectivity index (χ2v) is 10.5. The van der Waals surface area contributed by atoms with Crippen LogP contribution in [0.2, 0.25) is 0 Å². The number of benzene rings is 2. The summed E-state index contributed by atoms with van der Waals surface area (Å²) in [7, 11) is -4.97. The van der Waals surface area contributed by atoms with Gasteiger partial charge in [-0.2, -0.15) is 0 Å². The Bertz CT molecular complexity index is 1280. The molecule has 2 heterocycles. The van der Waals surface area contributed by atoms with Gasteiger partial charge in [0.25, 0.3) is 15.7 Å². The van der Waals surface area contributed by atoms with E-state index >= 15 is 0 Å². The van der Waals surface area contributed by atoms with E-state index in [4.69, 9.17) is 9.31 Å². The Hall–Kier alpha value is -2.69. The highest BCUT2D eigenvalue weighted by molar-refractivity contribution is 7.90. The van der Waals surface area contributed by atoms with Crippen LogP contribution in [0.15, 0.2) is 53.6 Å². The second-order valence-electron chi connectivity index (χ2n) is 8.72. The predicted molar refractivity (Wildman–Crippen MR) is 118 cm³/mol. The first-order chi connectivity index (χ1) is 14.3. The quantitative estimate of drug-likeness (QED) is 0.349. The number of nitro groups is 1. The lowest BCUT2D eigenvalue weighted by Gasteiger charge is -2.32. The number of hydrogen-bond acceptors (Lipinski definition) is 6. The van der Waals surface area contributed by atoms with Crippen LogP contribution in [0.1, 0.15) is 33.3 Å². The first kappa shape index (κ1) is 21.5. The van der Waals surface area contributed by atoms with Crippen molar-refractivity contribution in [2.24, 2.45) is 0 Å². The van der Waals surface area contributed by atoms with Crippen LogP contribution in [0.5, 0.6) is 0 Å². The summed E-state index contributed by atoms with van der Waals surface area (Å²) in [6, 6.07) is 10.8. The molecule has 0 amide bonds. The molecular weight excluding hydrogens is 419 g/mol. The zero-order chi connectivity index (χ0) is 22.8. The van der Waals surface area contributed by atoms with E-state index in [1.807, 2.05) is 34.6 Å². The van der Waals surface area contributed by atoms with E-state index in [1.165, 1.54) is 30.5 Å². The summed E-state index contributed by atoms with van der Waals surface area (Å²) in [5, 5.41) is 12.1. The molecule has 4 rings (SSSR count). The van der Waals surface area contributed by atoms with Gasteiger partial charge in [0, 0.05) is 23.1 Å². The zero-order valence-corrected chi connectivity index (χ0v) is 18.8. The number of fused-ring (bicyclic) bond motifs is 1. The van der Waals surface area contributed by atoms with E-state index < -0.39 is 33.3 Å². The van der Waals surface area contributed by atoms with Crippen molar-refractivity contribution in [1.82, 2.24) is 3.97 Å². The fraction of sp³-hybridized carbons (Fsp3) is 0.333. The minimum Gasteiger partial charge on any atom is -0.399 e. The van der Waals surface area contributed by atoms with E-state index in [9.17, 15) is 18.5 Å². The Morgan fingerprint density at radius 3 is 2.13 bits per heavy atom. The van der Waals surface area contributed by atoms with Gasteiger partial charge in [-0.15, -0.1) is 0 Å². The molecule has 0 aliphatic carbocycles. The monoisotopic (exact) mass is 442 g/mol. The molecule has 0 spiro atoms. The third-order valence-corrected chi connectivity index (χ3v) is 7.76. The molecule has 1 aliphatic heterocycles. The van der Waals surface area contributed by atoms with E-state index in [2.05, 4.69) is 0 Å². The van der Waals surface area contributed by atoms with E-state index in [0.717, 1.165) is 9.54 Å². The molecule has 3 aromatic rings. The van der Waals surface area contributed by atoms with Crippen molar-refractivity contribution in [1.29, 1.82) is 0 Å². The summed E-state index contributed by atoms with van der Waals surface area (Å²) in [5.41, 5.74) is -0.298. The fourth-order valence-corrected chi connectivity index (χ4v) is 4.97. The van der Waals surface area contributed by atoms with Gasteiger partial charge < -0.3 is 9.31 Å². The number of rotatable bonds is 4. The Balaban J connectivity index is 1.99. The van der Waals surface area contributed by atoms with Gasteiger partial charge in [0.15, 0.2) is 0 Å². The van der Waals surface area contributed by atoms with Gasteiger partial charge in [-0.3, -0.25) is 10.1 Å². The maximum absolute atomic E-state index is 13.5. The van der Waals surface area contributed by atoms with Gasteiger partial charge in [-0.1, -0.05) is 29.8 Å². The van der Waals surface area contributed by atoms with E-state index in [0.29, 0.717) is 10.8 Å². The number of aryl methyl sites for hydroxylation is 1. The van der Waals surface area contributed by atoms with Gasteiger partial charge in [-0.25, -0.2) is 12.4 Å². The highest BCUT2D eigenvalue weighted by Gasteiger charge is 2.52. The number of nitro benzene ring substituents is 1. The van der Waals surface area contributed by atoms with Crippen molar-refractivity contribution in [2.75, 3.05) is 0 Å². The van der Waals surface area contributed by atoms with Gasteiger partial charge in [0.1, 0.15) is 5.52 Å². The molecule has 1 fully saturated rings. The predicted octanol–water partition coefficient (Wildman–Crippen LogP) is 3.39. The summed E-state index contributed by atoms with van der Waals surface area (Å²) >= 11 is 0. The largest absolute Gasteiger partial charge is 0.497 e. The SMILES string of the molecule is Cc1ccc(S(=O)(=O)n2cc(B3OC(C)(C)C(C)(C)O3)c3cccc([N+](=O)[O-])c32)cc1. The lowest BCUT2D eigenvalue weighted by Crippen LogP contribution is -2.41. The summed E-state index contributed by atoms with van der Waals surface area (Å²) in [6.07, 6.45) is 1.37. The van der Waals surface area contributed by atoms with Gasteiger partial charge in [0.05, 0.1) is 21.0 Å². The zero-order valence-electron chi connectivity index (χ0n) is 17.9. The molecular formula is C21H23BN2O6S. The van der Waals surface area contributed by atoms with Crippen LogP contribution in [0.3, 0.4) is 0 Å². The number of para-hydroxylation sites is 1. The van der Waals surface area contributed by atoms with Crippen LogP contribution < -0.4 is 5.46 Å². The normalized spacial score (nSPS) is 17.9. The van der Waals surface area contributed by atoms with Crippen molar-refractivity contribution < 1.29 is 22.6 Å². The van der Waals surface area contributed by atoms with Crippen molar-refractivity contribution in [3.63, 3.8) is 0 Å². The van der Waals surface area contributed by atoms with E-state index in [-0.39, 0.29) is 16.1 Å². The van der Waals surface area contributed by atoms with Crippen LogP contribution in [0.4, 0.5) is 5.69 Å². The van der Waals surface area contributed by atoms with Gasteiger partial charge in [0.2, 0.25) is 0 Å². The Kier molecular flexibility index (Phi) is 4.80. The Morgan fingerprint density at radius 1 is 1.00 bits per heavy atom. The molecule has 0 atom stereocenters. The molecule has 0 saturated carbocycles. The van der Waals surface area contributed by atoms with Crippen LogP contribution in [-0.4, -0.2) is 35.6 Å². The van der Waals surface area contributed by atoms with Gasteiger partial charge >= 0.3 is 7.12 Å². The van der Waals surface area contributed by atoms with E-state index in [1.54, 1.807) is 18.2 Å². The van der Waals surface area contributed by atoms with Crippen molar-refractivity contribution in [3.8, 4) is 0 Å². The third-order valence-electron chi connectivity index (χ3n) is 6.08. The Labute approximate surface area is 181 Å². The fourth-order valence-electron chi connectivity index (χ4n) is 3.57. The Morgan fingerprint density at radius 2 is 1.58 bits per heavy atom. The smallest absolute Gasteiger partial charge is 0.399 e. The van der Waals surface area contributed by atoms with Crippen LogP contribution in [0, 0.1) is 17.0 Å². The molecule has 162 valence electrons. The summed E-state index contributed by atoms with van der Waals surface area (Å²) < 4.78 is 40.1. The van der Waals surface area contributed by atoms with Crippen molar-refractivity contribution in [2.45, 2.75) is 50.7 Å². The molecule has 0 unspecified atom stereocenters.